The summed E-state index contributed by atoms with van der Waals surface area (Å²) in [6.45, 7) is 0. The number of ether oxygens (including phenoxy) is 1. The number of methoxy groups -OCH3 is 1. The van der Waals surface area contributed by atoms with Gasteiger partial charge in [-0.15, -0.1) is 0 Å². The number of nitrogens with one attached hydrogen (secondary N) is 1. The Morgan fingerprint density at radius 3 is 2.82 bits per heavy atom. The molecule has 2 heterocycles. The Balaban J connectivity index is 2.30. The van der Waals surface area contributed by atoms with Gasteiger partial charge in [-0.05, 0) is 12.1 Å². The molecule has 0 aromatic carbocycles. The van der Waals surface area contributed by atoms with Crippen LogP contribution in [0.3, 0.4) is 0 Å². The molecule has 0 saturated heterocycles. The fourth-order valence-corrected chi connectivity index (χ4v) is 1.25. The fourth-order valence-electron chi connectivity index (χ4n) is 1.25. The second-order valence-corrected chi connectivity index (χ2v) is 3.11. The molecule has 2 aromatic heterocycles. The molecular weight excluding hydrogens is 220 g/mol. The van der Waals surface area contributed by atoms with Gasteiger partial charge in [0.2, 0.25) is 0 Å². The number of anilines is 2. The lowest BCUT2D eigenvalue weighted by molar-refractivity contribution is 0.0595. The third-order valence-corrected chi connectivity index (χ3v) is 2.00. The normalized spacial score (nSPS) is 9.71. The van der Waals surface area contributed by atoms with Crippen molar-refractivity contribution in [3.8, 4) is 0 Å². The lowest BCUT2D eigenvalue weighted by atomic mass is 10.3. The molecule has 0 spiro atoms. The zero-order chi connectivity index (χ0) is 12.1. The minimum Gasteiger partial charge on any atom is -0.464 e. The van der Waals surface area contributed by atoms with E-state index in [0.29, 0.717) is 5.82 Å². The van der Waals surface area contributed by atoms with Crippen LogP contribution in [0.4, 0.5) is 11.5 Å². The zero-order valence-electron chi connectivity index (χ0n) is 9.12. The van der Waals surface area contributed by atoms with Crippen molar-refractivity contribution in [3.63, 3.8) is 0 Å². The highest BCUT2D eigenvalue weighted by Crippen LogP contribution is 2.15. The van der Waals surface area contributed by atoms with Gasteiger partial charge in [-0.2, -0.15) is 0 Å². The molecule has 1 N–H and O–H groups in total. The van der Waals surface area contributed by atoms with E-state index in [0.717, 1.165) is 5.69 Å². The Morgan fingerprint density at radius 2 is 2.12 bits per heavy atom. The van der Waals surface area contributed by atoms with E-state index in [1.807, 2.05) is 6.07 Å². The van der Waals surface area contributed by atoms with Gasteiger partial charge >= 0.3 is 5.97 Å². The molecule has 0 fully saturated rings. The predicted molar refractivity (Wildman–Crippen MR) is 60.9 cm³/mol. The largest absolute Gasteiger partial charge is 0.464 e. The maximum Gasteiger partial charge on any atom is 0.360 e. The highest BCUT2D eigenvalue weighted by Gasteiger charge is 2.14. The summed E-state index contributed by atoms with van der Waals surface area (Å²) >= 11 is 0. The first-order valence-corrected chi connectivity index (χ1v) is 4.87. The third kappa shape index (κ3) is 2.54. The van der Waals surface area contributed by atoms with Crippen LogP contribution in [-0.4, -0.2) is 28.0 Å². The van der Waals surface area contributed by atoms with Crippen LogP contribution in [0.25, 0.3) is 0 Å². The second-order valence-electron chi connectivity index (χ2n) is 3.11. The lowest BCUT2D eigenvalue weighted by Crippen LogP contribution is -2.09. The molecule has 6 nitrogen and oxygen atoms in total. The number of esters is 1. The molecular formula is C11H10N4O2. The number of carbonyl (C=O) groups is 1. The number of pyridine rings is 1. The molecule has 0 amide bonds. The Morgan fingerprint density at radius 1 is 1.29 bits per heavy atom. The first-order chi connectivity index (χ1) is 8.31. The van der Waals surface area contributed by atoms with Crippen LogP contribution in [0.5, 0.6) is 0 Å². The van der Waals surface area contributed by atoms with Crippen LogP contribution in [0, 0.1) is 0 Å². The maximum atomic E-state index is 11.4. The van der Waals surface area contributed by atoms with Gasteiger partial charge in [-0.3, -0.25) is 4.98 Å². The summed E-state index contributed by atoms with van der Waals surface area (Å²) in [6, 6.07) is 3.58. The second kappa shape index (κ2) is 5.02. The first-order valence-electron chi connectivity index (χ1n) is 4.87. The predicted octanol–water partition coefficient (Wildman–Crippen LogP) is 1.40. The van der Waals surface area contributed by atoms with Gasteiger partial charge in [0.25, 0.3) is 0 Å². The molecule has 0 radical (unpaired) electrons. The summed E-state index contributed by atoms with van der Waals surface area (Å²) in [4.78, 5) is 23.4. The first kappa shape index (κ1) is 11.0. The molecule has 0 unspecified atom stereocenters. The van der Waals surface area contributed by atoms with Crippen molar-refractivity contribution in [3.05, 3.63) is 42.6 Å². The van der Waals surface area contributed by atoms with E-state index in [-0.39, 0.29) is 5.69 Å². The average Bonchev–Trinajstić information content (AvgIpc) is 2.40. The van der Waals surface area contributed by atoms with Crippen molar-refractivity contribution in [1.29, 1.82) is 0 Å². The number of nitrogens with zero attached hydrogens (tertiary/aromatic N) is 3. The molecule has 2 aromatic rings. The number of aromatic nitrogens is 3. The zero-order valence-corrected chi connectivity index (χ0v) is 9.12. The van der Waals surface area contributed by atoms with Crippen molar-refractivity contribution in [2.24, 2.45) is 0 Å². The van der Waals surface area contributed by atoms with Crippen molar-refractivity contribution in [2.45, 2.75) is 0 Å². The van der Waals surface area contributed by atoms with Gasteiger partial charge in [-0.25, -0.2) is 14.8 Å². The van der Waals surface area contributed by atoms with Gasteiger partial charge < -0.3 is 10.1 Å². The van der Waals surface area contributed by atoms with Gasteiger partial charge in [0.1, 0.15) is 0 Å². The Hall–Kier alpha value is -2.50. The van der Waals surface area contributed by atoms with Crippen LogP contribution in [-0.2, 0) is 4.74 Å². The van der Waals surface area contributed by atoms with Crippen LogP contribution < -0.4 is 5.32 Å². The number of hydrogen-bond donors (Lipinski definition) is 1. The molecule has 0 saturated carbocycles. The Bertz CT molecular complexity index is 516. The van der Waals surface area contributed by atoms with Crippen LogP contribution >= 0.6 is 0 Å². The average molecular weight is 230 g/mol. The van der Waals surface area contributed by atoms with Gasteiger partial charge in [-0.1, -0.05) is 0 Å². The van der Waals surface area contributed by atoms with E-state index in [2.05, 4.69) is 25.0 Å². The van der Waals surface area contributed by atoms with Crippen LogP contribution in [0.2, 0.25) is 0 Å². The van der Waals surface area contributed by atoms with Crippen molar-refractivity contribution in [1.82, 2.24) is 15.0 Å². The summed E-state index contributed by atoms with van der Waals surface area (Å²) in [6.07, 6.45) is 6.20. The minimum absolute atomic E-state index is 0.138. The minimum atomic E-state index is -0.538. The fraction of sp³-hybridized carbons (Fsp3) is 0.0909. The van der Waals surface area contributed by atoms with Gasteiger partial charge in [0.15, 0.2) is 11.5 Å². The van der Waals surface area contributed by atoms with Crippen LogP contribution in [0.15, 0.2) is 36.9 Å². The molecule has 0 atom stereocenters. The highest BCUT2D eigenvalue weighted by atomic mass is 16.5. The molecule has 17 heavy (non-hydrogen) atoms. The molecule has 6 heteroatoms. The molecule has 0 bridgehead atoms. The van der Waals surface area contributed by atoms with Crippen molar-refractivity contribution < 1.29 is 9.53 Å². The van der Waals surface area contributed by atoms with E-state index in [4.69, 9.17) is 0 Å². The van der Waals surface area contributed by atoms with Gasteiger partial charge in [0, 0.05) is 18.6 Å². The van der Waals surface area contributed by atoms with E-state index in [1.54, 1.807) is 18.5 Å². The van der Waals surface area contributed by atoms with Gasteiger partial charge in [0.05, 0.1) is 19.0 Å². The van der Waals surface area contributed by atoms with E-state index >= 15 is 0 Å². The number of hydrogen-bond acceptors (Lipinski definition) is 6. The molecule has 0 aliphatic rings. The topological polar surface area (TPSA) is 77.0 Å². The maximum absolute atomic E-state index is 11.4. The molecule has 2 rings (SSSR count). The standard InChI is InChI=1S/C11H10N4O2/c1-17-11(16)9-10(14-6-5-13-9)15-8-3-2-4-12-7-8/h2-7H,1H3,(H,14,15). The SMILES string of the molecule is COC(=O)c1nccnc1Nc1cccnc1. The highest BCUT2D eigenvalue weighted by molar-refractivity contribution is 5.93. The quantitative estimate of drug-likeness (QED) is 0.803. The summed E-state index contributed by atoms with van der Waals surface area (Å²) < 4.78 is 4.62. The molecule has 86 valence electrons. The third-order valence-electron chi connectivity index (χ3n) is 2.00. The van der Waals surface area contributed by atoms with Crippen molar-refractivity contribution >= 4 is 17.5 Å². The summed E-state index contributed by atoms with van der Waals surface area (Å²) in [5.41, 5.74) is 0.858. The van der Waals surface area contributed by atoms with E-state index in [9.17, 15) is 4.79 Å². The smallest absolute Gasteiger partial charge is 0.360 e. The summed E-state index contributed by atoms with van der Waals surface area (Å²) in [7, 11) is 1.30. The van der Waals surface area contributed by atoms with Crippen molar-refractivity contribution in [2.75, 3.05) is 12.4 Å². The van der Waals surface area contributed by atoms with E-state index < -0.39 is 5.97 Å². The summed E-state index contributed by atoms with van der Waals surface area (Å²) in [5.74, 6) is -0.197. The van der Waals surface area contributed by atoms with E-state index in [1.165, 1.54) is 19.5 Å². The lowest BCUT2D eigenvalue weighted by Gasteiger charge is -2.07. The molecule has 0 aliphatic carbocycles. The summed E-state index contributed by atoms with van der Waals surface area (Å²) in [5, 5.41) is 2.95. The number of carbonyl (C=O) groups excluding carboxylic acids is 1. The monoisotopic (exact) mass is 230 g/mol. The number of rotatable bonds is 3. The van der Waals surface area contributed by atoms with Crippen LogP contribution in [0.1, 0.15) is 10.5 Å². The molecule has 0 aliphatic heterocycles. The Labute approximate surface area is 97.7 Å². The Kier molecular flexibility index (Phi) is 3.25.